The summed E-state index contributed by atoms with van der Waals surface area (Å²) in [4.78, 5) is 22.7. The molecule has 0 saturated heterocycles. The molecule has 0 fully saturated rings. The Morgan fingerprint density at radius 3 is 2.33 bits per heavy atom. The first-order valence-electron chi connectivity index (χ1n) is 5.48. The molecule has 0 spiro atoms. The lowest BCUT2D eigenvalue weighted by Gasteiger charge is -2.01. The highest BCUT2D eigenvalue weighted by atomic mass is 35.5. The summed E-state index contributed by atoms with van der Waals surface area (Å²) in [5.41, 5.74) is 3.04. The summed E-state index contributed by atoms with van der Waals surface area (Å²) in [6.45, 7) is 1.81. The van der Waals surface area contributed by atoms with Crippen LogP contribution >= 0.6 is 11.6 Å². The van der Waals surface area contributed by atoms with Crippen LogP contribution in [0.2, 0.25) is 0 Å². The second-order valence-corrected chi connectivity index (χ2v) is 4.44. The lowest BCUT2D eigenvalue weighted by atomic mass is 10.0. The van der Waals surface area contributed by atoms with E-state index in [-0.39, 0.29) is 0 Å². The van der Waals surface area contributed by atoms with Crippen molar-refractivity contribution in [2.75, 3.05) is 0 Å². The predicted octanol–water partition coefficient (Wildman–Crippen LogP) is 2.95. The van der Waals surface area contributed by atoms with Crippen molar-refractivity contribution >= 4 is 22.6 Å². The third-order valence-electron chi connectivity index (χ3n) is 2.91. The number of aromatic nitrogens is 1. The minimum atomic E-state index is -0.959. The molecule has 3 nitrogen and oxygen atoms in total. The number of nitrogens with zero attached hydrogens (tertiary/aromatic N) is 1. The zero-order chi connectivity index (χ0) is 13.3. The lowest BCUT2D eigenvalue weighted by Crippen LogP contribution is -2.13. The summed E-state index contributed by atoms with van der Waals surface area (Å²) in [5.74, 6) is -0.668. The molecule has 0 amide bonds. The van der Waals surface area contributed by atoms with Gasteiger partial charge in [-0.1, -0.05) is 30.3 Å². The summed E-state index contributed by atoms with van der Waals surface area (Å²) in [6.07, 6.45) is 1.83. The minimum Gasteiger partial charge on any atom is -0.347 e. The summed E-state index contributed by atoms with van der Waals surface area (Å²) >= 11 is 5.26. The molecule has 0 unspecified atom stereocenters. The number of ketones is 1. The molecule has 4 heteroatoms. The van der Waals surface area contributed by atoms with Crippen LogP contribution in [0.5, 0.6) is 0 Å². The molecule has 1 aromatic carbocycles. The van der Waals surface area contributed by atoms with E-state index < -0.39 is 11.0 Å². The van der Waals surface area contributed by atoms with Gasteiger partial charge in [-0.3, -0.25) is 9.59 Å². The average Bonchev–Trinajstić information content (AvgIpc) is 2.65. The fraction of sp³-hybridized carbons (Fsp3) is 0.143. The van der Waals surface area contributed by atoms with E-state index in [9.17, 15) is 9.59 Å². The second-order valence-electron chi connectivity index (χ2n) is 4.10. The van der Waals surface area contributed by atoms with Gasteiger partial charge in [-0.15, -0.1) is 0 Å². The minimum absolute atomic E-state index is 0.342. The SMILES string of the molecule is Cc1c(-c2ccccc2)cn(C)c1C(=O)C(=O)Cl. The molecule has 0 aliphatic rings. The van der Waals surface area contributed by atoms with E-state index in [0.29, 0.717) is 5.69 Å². The molecule has 2 aromatic rings. The quantitative estimate of drug-likeness (QED) is 0.484. The Hall–Kier alpha value is -1.87. The second kappa shape index (κ2) is 4.78. The van der Waals surface area contributed by atoms with Crippen molar-refractivity contribution in [1.29, 1.82) is 0 Å². The number of carbonyl (C=O) groups is 2. The van der Waals surface area contributed by atoms with Gasteiger partial charge < -0.3 is 4.57 Å². The van der Waals surface area contributed by atoms with Crippen LogP contribution in [0.3, 0.4) is 0 Å². The van der Waals surface area contributed by atoms with E-state index in [1.54, 1.807) is 11.6 Å². The summed E-state index contributed by atoms with van der Waals surface area (Å²) in [5, 5.41) is -0.959. The van der Waals surface area contributed by atoms with Crippen molar-refractivity contribution in [3.8, 4) is 11.1 Å². The van der Waals surface area contributed by atoms with Crippen molar-refractivity contribution in [3.05, 3.63) is 47.8 Å². The molecule has 1 aromatic heterocycles. The maximum absolute atomic E-state index is 11.7. The zero-order valence-corrected chi connectivity index (χ0v) is 10.9. The number of hydrogen-bond donors (Lipinski definition) is 0. The normalized spacial score (nSPS) is 10.4. The standard InChI is InChI=1S/C14H12ClNO2/c1-9-11(10-6-4-3-5-7-10)8-16(2)12(9)13(17)14(15)18/h3-8H,1-2H3. The molecule has 0 saturated carbocycles. The first-order chi connectivity index (χ1) is 8.52. The maximum Gasteiger partial charge on any atom is 0.294 e. The van der Waals surface area contributed by atoms with Crippen LogP contribution in [0.1, 0.15) is 16.1 Å². The van der Waals surface area contributed by atoms with Gasteiger partial charge >= 0.3 is 0 Å². The summed E-state index contributed by atoms with van der Waals surface area (Å²) in [6, 6.07) is 9.69. The molecule has 0 radical (unpaired) electrons. The van der Waals surface area contributed by atoms with Crippen LogP contribution in [-0.4, -0.2) is 15.6 Å². The highest BCUT2D eigenvalue weighted by molar-refractivity contribution is 6.83. The van der Waals surface area contributed by atoms with E-state index in [2.05, 4.69) is 0 Å². The molecule has 0 atom stereocenters. The van der Waals surface area contributed by atoms with Crippen LogP contribution < -0.4 is 0 Å². The lowest BCUT2D eigenvalue weighted by molar-refractivity contribution is -0.108. The van der Waals surface area contributed by atoms with Gasteiger partial charge in [0.1, 0.15) is 0 Å². The highest BCUT2D eigenvalue weighted by Crippen LogP contribution is 2.27. The van der Waals surface area contributed by atoms with Gasteiger partial charge in [0.25, 0.3) is 11.0 Å². The first kappa shape index (κ1) is 12.6. The smallest absolute Gasteiger partial charge is 0.294 e. The van der Waals surface area contributed by atoms with E-state index in [1.165, 1.54) is 0 Å². The number of Topliss-reactive ketones (excluding diaryl/α,β-unsaturated/α-hetero) is 1. The van der Waals surface area contributed by atoms with Gasteiger partial charge in [0.2, 0.25) is 0 Å². The topological polar surface area (TPSA) is 39.1 Å². The highest BCUT2D eigenvalue weighted by Gasteiger charge is 2.22. The molecule has 1 heterocycles. The van der Waals surface area contributed by atoms with Gasteiger partial charge in [-0.2, -0.15) is 0 Å². The number of rotatable bonds is 3. The van der Waals surface area contributed by atoms with E-state index >= 15 is 0 Å². The Bertz CT molecular complexity index is 614. The molecule has 18 heavy (non-hydrogen) atoms. The van der Waals surface area contributed by atoms with Gasteiger partial charge in [0.05, 0.1) is 5.69 Å². The van der Waals surface area contributed by atoms with Crippen LogP contribution in [0.15, 0.2) is 36.5 Å². The monoisotopic (exact) mass is 261 g/mol. The number of hydrogen-bond acceptors (Lipinski definition) is 2. The average molecular weight is 262 g/mol. The van der Waals surface area contributed by atoms with Crippen molar-refractivity contribution < 1.29 is 9.59 Å². The molecular formula is C14H12ClNO2. The van der Waals surface area contributed by atoms with Gasteiger partial charge in [0, 0.05) is 18.8 Å². The molecular weight excluding hydrogens is 250 g/mol. The van der Waals surface area contributed by atoms with Crippen LogP contribution in [0.4, 0.5) is 0 Å². The Kier molecular flexibility index (Phi) is 3.34. The number of benzene rings is 1. The maximum atomic E-state index is 11.7. The van der Waals surface area contributed by atoms with Gasteiger partial charge in [0.15, 0.2) is 0 Å². The number of aryl methyl sites for hydroxylation is 1. The first-order valence-corrected chi connectivity index (χ1v) is 5.85. The molecule has 0 aliphatic heterocycles. The van der Waals surface area contributed by atoms with E-state index in [1.807, 2.05) is 43.5 Å². The number of halogens is 1. The Morgan fingerprint density at radius 1 is 1.17 bits per heavy atom. The third-order valence-corrected chi connectivity index (χ3v) is 3.08. The zero-order valence-electron chi connectivity index (χ0n) is 10.1. The van der Waals surface area contributed by atoms with Crippen molar-refractivity contribution in [2.45, 2.75) is 6.92 Å². The molecule has 0 aliphatic carbocycles. The predicted molar refractivity (Wildman–Crippen MR) is 70.8 cm³/mol. The molecule has 2 rings (SSSR count). The Morgan fingerprint density at radius 2 is 1.78 bits per heavy atom. The Balaban J connectivity index is 2.58. The fourth-order valence-electron chi connectivity index (χ4n) is 2.08. The fourth-order valence-corrected chi connectivity index (χ4v) is 2.17. The molecule has 92 valence electrons. The van der Waals surface area contributed by atoms with Crippen LogP contribution in [0, 0.1) is 6.92 Å². The van der Waals surface area contributed by atoms with Gasteiger partial charge in [-0.25, -0.2) is 0 Å². The van der Waals surface area contributed by atoms with Crippen molar-refractivity contribution in [2.24, 2.45) is 7.05 Å². The summed E-state index contributed by atoms with van der Waals surface area (Å²) < 4.78 is 1.64. The van der Waals surface area contributed by atoms with Crippen molar-refractivity contribution in [1.82, 2.24) is 4.57 Å². The van der Waals surface area contributed by atoms with E-state index in [0.717, 1.165) is 16.7 Å². The largest absolute Gasteiger partial charge is 0.347 e. The van der Waals surface area contributed by atoms with Crippen LogP contribution in [-0.2, 0) is 11.8 Å². The van der Waals surface area contributed by atoms with Crippen molar-refractivity contribution in [3.63, 3.8) is 0 Å². The summed E-state index contributed by atoms with van der Waals surface area (Å²) in [7, 11) is 1.73. The third kappa shape index (κ3) is 2.09. The van der Waals surface area contributed by atoms with Crippen LogP contribution in [0.25, 0.3) is 11.1 Å². The van der Waals surface area contributed by atoms with E-state index in [4.69, 9.17) is 11.6 Å². The number of carbonyl (C=O) groups excluding carboxylic acids is 2. The molecule has 0 N–H and O–H groups in total. The Labute approximate surface area is 110 Å². The van der Waals surface area contributed by atoms with Gasteiger partial charge in [-0.05, 0) is 29.7 Å². The molecule has 0 bridgehead atoms.